The largest absolute Gasteiger partial charge is 0.452 e. The lowest BCUT2D eigenvalue weighted by atomic mass is 10.1. The van der Waals surface area contributed by atoms with Crippen molar-refractivity contribution >= 4 is 5.97 Å². The highest BCUT2D eigenvalue weighted by molar-refractivity contribution is 5.89. The molecule has 0 saturated carbocycles. The maximum absolute atomic E-state index is 13.5. The lowest BCUT2D eigenvalue weighted by molar-refractivity contribution is 0.0433. The van der Waals surface area contributed by atoms with Gasteiger partial charge in [-0.05, 0) is 31.2 Å². The number of aromatic nitrogens is 2. The van der Waals surface area contributed by atoms with Gasteiger partial charge in [0.15, 0.2) is 6.61 Å². The number of nitrogens with zero attached hydrogens (tertiary/aromatic N) is 2. The SMILES string of the molecule is Cc1cccc(-c2nnc(COC(=O)c3ccc(F)cc3F)o2)c1. The van der Waals surface area contributed by atoms with Crippen molar-refractivity contribution in [3.8, 4) is 11.5 Å². The number of carbonyl (C=O) groups is 1. The number of aryl methyl sites for hydroxylation is 1. The normalized spacial score (nSPS) is 10.6. The Morgan fingerprint density at radius 2 is 2.00 bits per heavy atom. The van der Waals surface area contributed by atoms with E-state index in [1.807, 2.05) is 31.2 Å². The summed E-state index contributed by atoms with van der Waals surface area (Å²) in [6, 6.07) is 10.1. The average molecular weight is 330 g/mol. The van der Waals surface area contributed by atoms with Gasteiger partial charge in [-0.25, -0.2) is 13.6 Å². The van der Waals surface area contributed by atoms with Gasteiger partial charge in [0, 0.05) is 11.6 Å². The monoisotopic (exact) mass is 330 g/mol. The molecule has 24 heavy (non-hydrogen) atoms. The Bertz CT molecular complexity index is 893. The third-order valence-corrected chi connectivity index (χ3v) is 3.21. The van der Waals surface area contributed by atoms with Crippen molar-refractivity contribution in [1.82, 2.24) is 10.2 Å². The minimum atomic E-state index is -0.994. The summed E-state index contributed by atoms with van der Waals surface area (Å²) in [5, 5.41) is 7.65. The van der Waals surface area contributed by atoms with E-state index in [2.05, 4.69) is 10.2 Å². The van der Waals surface area contributed by atoms with Crippen molar-refractivity contribution < 1.29 is 22.7 Å². The number of rotatable bonds is 4. The standard InChI is InChI=1S/C17H12F2N2O3/c1-10-3-2-4-11(7-10)16-21-20-15(24-16)9-23-17(22)13-6-5-12(18)8-14(13)19/h2-8H,9H2,1H3. The van der Waals surface area contributed by atoms with Crippen molar-refractivity contribution in [2.45, 2.75) is 13.5 Å². The first-order chi connectivity index (χ1) is 11.5. The third-order valence-electron chi connectivity index (χ3n) is 3.21. The first-order valence-corrected chi connectivity index (χ1v) is 7.04. The van der Waals surface area contributed by atoms with Gasteiger partial charge in [0.25, 0.3) is 5.89 Å². The Morgan fingerprint density at radius 3 is 2.75 bits per heavy atom. The number of benzene rings is 2. The number of ether oxygens (including phenoxy) is 1. The highest BCUT2D eigenvalue weighted by atomic mass is 19.1. The summed E-state index contributed by atoms with van der Waals surface area (Å²) in [5.41, 5.74) is 1.41. The quantitative estimate of drug-likeness (QED) is 0.683. The van der Waals surface area contributed by atoms with Gasteiger partial charge < -0.3 is 9.15 Å². The van der Waals surface area contributed by atoms with Gasteiger partial charge in [-0.2, -0.15) is 0 Å². The highest BCUT2D eigenvalue weighted by Crippen LogP contribution is 2.19. The molecule has 0 fully saturated rings. The van der Waals surface area contributed by atoms with Gasteiger partial charge in [-0.3, -0.25) is 0 Å². The second kappa shape index (κ2) is 6.57. The van der Waals surface area contributed by atoms with Crippen LogP contribution in [0.3, 0.4) is 0 Å². The summed E-state index contributed by atoms with van der Waals surface area (Å²) >= 11 is 0. The molecule has 1 heterocycles. The topological polar surface area (TPSA) is 65.2 Å². The van der Waals surface area contributed by atoms with Crippen molar-refractivity contribution in [3.05, 3.63) is 71.1 Å². The molecule has 0 aliphatic heterocycles. The maximum Gasteiger partial charge on any atom is 0.341 e. The fraction of sp³-hybridized carbons (Fsp3) is 0.118. The molecule has 0 saturated heterocycles. The van der Waals surface area contributed by atoms with Crippen LogP contribution in [-0.4, -0.2) is 16.2 Å². The smallest absolute Gasteiger partial charge is 0.341 e. The molecule has 3 rings (SSSR count). The van der Waals surface area contributed by atoms with Crippen LogP contribution in [0.1, 0.15) is 21.8 Å². The number of esters is 1. The Morgan fingerprint density at radius 1 is 1.17 bits per heavy atom. The van der Waals surface area contributed by atoms with E-state index in [0.29, 0.717) is 6.07 Å². The minimum absolute atomic E-state index is 0.0716. The van der Waals surface area contributed by atoms with E-state index < -0.39 is 17.6 Å². The third kappa shape index (κ3) is 3.45. The first kappa shape index (κ1) is 15.8. The van der Waals surface area contributed by atoms with Crippen molar-refractivity contribution in [3.63, 3.8) is 0 Å². The molecule has 2 aromatic carbocycles. The van der Waals surface area contributed by atoms with Crippen LogP contribution in [0.4, 0.5) is 8.78 Å². The van der Waals surface area contributed by atoms with Gasteiger partial charge in [-0.15, -0.1) is 10.2 Å². The molecule has 0 amide bonds. The molecule has 5 nitrogen and oxygen atoms in total. The Labute approximate surface area is 135 Å². The molecule has 122 valence electrons. The zero-order chi connectivity index (χ0) is 17.1. The van der Waals surface area contributed by atoms with Crippen LogP contribution in [0.2, 0.25) is 0 Å². The summed E-state index contributed by atoms with van der Waals surface area (Å²) < 4.78 is 36.6. The maximum atomic E-state index is 13.5. The van der Waals surface area contributed by atoms with Crippen molar-refractivity contribution in [1.29, 1.82) is 0 Å². The predicted octanol–water partition coefficient (Wildman–Crippen LogP) is 3.68. The van der Waals surface area contributed by atoms with Gasteiger partial charge >= 0.3 is 5.97 Å². The summed E-state index contributed by atoms with van der Waals surface area (Å²) in [7, 11) is 0. The Kier molecular flexibility index (Phi) is 4.33. The Hall–Kier alpha value is -3.09. The van der Waals surface area contributed by atoms with Crippen LogP contribution < -0.4 is 0 Å². The number of carbonyl (C=O) groups excluding carboxylic acids is 1. The van der Waals surface area contributed by atoms with Gasteiger partial charge in [0.2, 0.25) is 5.89 Å². The molecule has 0 bridgehead atoms. The van der Waals surface area contributed by atoms with Crippen LogP contribution >= 0.6 is 0 Å². The first-order valence-electron chi connectivity index (χ1n) is 7.04. The van der Waals surface area contributed by atoms with Crippen molar-refractivity contribution in [2.24, 2.45) is 0 Å². The van der Waals surface area contributed by atoms with E-state index in [4.69, 9.17) is 9.15 Å². The molecular weight excluding hydrogens is 318 g/mol. The van der Waals surface area contributed by atoms with E-state index in [1.54, 1.807) is 0 Å². The number of hydrogen-bond donors (Lipinski definition) is 0. The van der Waals surface area contributed by atoms with Gasteiger partial charge in [0.05, 0.1) is 5.56 Å². The van der Waals surface area contributed by atoms with Crippen LogP contribution in [0.15, 0.2) is 46.9 Å². The van der Waals surface area contributed by atoms with E-state index >= 15 is 0 Å². The zero-order valence-corrected chi connectivity index (χ0v) is 12.6. The highest BCUT2D eigenvalue weighted by Gasteiger charge is 2.16. The van der Waals surface area contributed by atoms with E-state index in [-0.39, 0.29) is 24.0 Å². The minimum Gasteiger partial charge on any atom is -0.452 e. The molecule has 1 aromatic heterocycles. The molecule has 3 aromatic rings. The fourth-order valence-corrected chi connectivity index (χ4v) is 2.07. The zero-order valence-electron chi connectivity index (χ0n) is 12.6. The Balaban J connectivity index is 1.68. The molecule has 0 atom stereocenters. The lowest BCUT2D eigenvalue weighted by Gasteiger charge is -2.03. The van der Waals surface area contributed by atoms with E-state index in [9.17, 15) is 13.6 Å². The fourth-order valence-electron chi connectivity index (χ4n) is 2.07. The second-order valence-corrected chi connectivity index (χ2v) is 5.07. The van der Waals surface area contributed by atoms with Gasteiger partial charge in [-0.1, -0.05) is 17.7 Å². The molecule has 0 aliphatic rings. The number of hydrogen-bond acceptors (Lipinski definition) is 5. The molecule has 0 spiro atoms. The molecule has 7 heteroatoms. The average Bonchev–Trinajstić information content (AvgIpc) is 3.01. The van der Waals surface area contributed by atoms with Gasteiger partial charge in [0.1, 0.15) is 11.6 Å². The van der Waals surface area contributed by atoms with Crippen LogP contribution in [-0.2, 0) is 11.3 Å². The number of halogens is 2. The van der Waals surface area contributed by atoms with Crippen LogP contribution in [0.25, 0.3) is 11.5 Å². The summed E-state index contributed by atoms with van der Waals surface area (Å²) in [6.45, 7) is 1.62. The predicted molar refractivity (Wildman–Crippen MR) is 79.9 cm³/mol. The van der Waals surface area contributed by atoms with Crippen LogP contribution in [0.5, 0.6) is 0 Å². The molecule has 0 radical (unpaired) electrons. The molecule has 0 unspecified atom stereocenters. The molecular formula is C17H12F2N2O3. The van der Waals surface area contributed by atoms with E-state index in [1.165, 1.54) is 0 Å². The summed E-state index contributed by atoms with van der Waals surface area (Å²) in [4.78, 5) is 11.8. The second-order valence-electron chi connectivity index (χ2n) is 5.07. The lowest BCUT2D eigenvalue weighted by Crippen LogP contribution is -2.08. The summed E-state index contributed by atoms with van der Waals surface area (Å²) in [5.74, 6) is -2.35. The van der Waals surface area contributed by atoms with E-state index in [0.717, 1.165) is 23.3 Å². The summed E-state index contributed by atoms with van der Waals surface area (Å²) in [6.07, 6.45) is 0. The molecule has 0 N–H and O–H groups in total. The van der Waals surface area contributed by atoms with Crippen molar-refractivity contribution in [2.75, 3.05) is 0 Å². The van der Waals surface area contributed by atoms with Crippen LogP contribution in [0, 0.1) is 18.6 Å². The molecule has 0 aliphatic carbocycles.